The molecule has 1 fully saturated rings. The SMILES string of the molecule is O=C(CCC(=O)c1ccc(Cl)s1)NC1(c2ccccc2)CCC1. The number of hydrogen-bond donors (Lipinski definition) is 1. The molecule has 23 heavy (non-hydrogen) atoms. The van der Waals surface area contributed by atoms with Crippen molar-refractivity contribution in [2.24, 2.45) is 0 Å². The minimum absolute atomic E-state index is 0.0283. The molecule has 0 atom stereocenters. The summed E-state index contributed by atoms with van der Waals surface area (Å²) in [5, 5.41) is 3.14. The largest absolute Gasteiger partial charge is 0.347 e. The van der Waals surface area contributed by atoms with Crippen LogP contribution in [0.15, 0.2) is 42.5 Å². The Morgan fingerprint density at radius 3 is 2.39 bits per heavy atom. The molecule has 0 unspecified atom stereocenters. The standard InChI is InChI=1S/C18H18ClNO2S/c19-16-9-8-15(23-16)14(21)7-10-17(22)20-18(11-4-12-18)13-5-2-1-3-6-13/h1-3,5-6,8-9H,4,7,10-12H2,(H,20,22). The summed E-state index contributed by atoms with van der Waals surface area (Å²) in [7, 11) is 0. The van der Waals surface area contributed by atoms with Crippen molar-refractivity contribution in [3.8, 4) is 0 Å². The van der Waals surface area contributed by atoms with Crippen LogP contribution in [0.1, 0.15) is 47.3 Å². The molecule has 0 radical (unpaired) electrons. The monoisotopic (exact) mass is 347 g/mol. The number of rotatable bonds is 6. The molecule has 1 aliphatic carbocycles. The summed E-state index contributed by atoms with van der Waals surface area (Å²) in [5.41, 5.74) is 0.907. The second kappa shape index (κ2) is 6.85. The quantitative estimate of drug-likeness (QED) is 0.778. The molecule has 0 bridgehead atoms. The molecule has 0 spiro atoms. The highest BCUT2D eigenvalue weighted by Gasteiger charge is 2.39. The maximum atomic E-state index is 12.3. The van der Waals surface area contributed by atoms with Crippen LogP contribution < -0.4 is 5.32 Å². The van der Waals surface area contributed by atoms with Gasteiger partial charge in [0.1, 0.15) is 0 Å². The van der Waals surface area contributed by atoms with Gasteiger partial charge in [0, 0.05) is 12.8 Å². The molecule has 0 aliphatic heterocycles. The first-order valence-corrected chi connectivity index (χ1v) is 8.94. The Hall–Kier alpha value is -1.65. The summed E-state index contributed by atoms with van der Waals surface area (Å²) in [4.78, 5) is 24.9. The highest BCUT2D eigenvalue weighted by Crippen LogP contribution is 2.41. The molecule has 1 aliphatic rings. The van der Waals surface area contributed by atoms with E-state index in [2.05, 4.69) is 17.4 Å². The lowest BCUT2D eigenvalue weighted by atomic mass is 9.71. The Bertz CT molecular complexity index is 707. The van der Waals surface area contributed by atoms with Crippen molar-refractivity contribution in [1.82, 2.24) is 5.32 Å². The Labute approximate surface area is 144 Å². The predicted octanol–water partition coefficient (Wildman–Crippen LogP) is 4.56. The smallest absolute Gasteiger partial charge is 0.221 e. The molecule has 1 aromatic carbocycles. The number of carbonyl (C=O) groups is 2. The fourth-order valence-corrected chi connectivity index (χ4v) is 3.93. The van der Waals surface area contributed by atoms with Gasteiger partial charge in [-0.3, -0.25) is 9.59 Å². The van der Waals surface area contributed by atoms with E-state index in [0.717, 1.165) is 24.8 Å². The van der Waals surface area contributed by atoms with Gasteiger partial charge in [-0.05, 0) is 37.0 Å². The number of benzene rings is 1. The lowest BCUT2D eigenvalue weighted by Crippen LogP contribution is -2.50. The minimum atomic E-state index is -0.242. The first-order valence-electron chi connectivity index (χ1n) is 7.74. The van der Waals surface area contributed by atoms with Gasteiger partial charge in [0.05, 0.1) is 14.8 Å². The normalized spacial score (nSPS) is 15.7. The topological polar surface area (TPSA) is 46.2 Å². The van der Waals surface area contributed by atoms with E-state index in [9.17, 15) is 9.59 Å². The highest BCUT2D eigenvalue weighted by atomic mass is 35.5. The molecule has 3 rings (SSSR count). The Balaban J connectivity index is 1.57. The van der Waals surface area contributed by atoms with E-state index in [1.54, 1.807) is 12.1 Å². The Morgan fingerprint density at radius 1 is 1.09 bits per heavy atom. The molecule has 120 valence electrons. The van der Waals surface area contributed by atoms with Crippen molar-refractivity contribution in [2.75, 3.05) is 0 Å². The third-order valence-corrected chi connectivity index (χ3v) is 5.61. The van der Waals surface area contributed by atoms with Crippen molar-refractivity contribution in [2.45, 2.75) is 37.6 Å². The maximum Gasteiger partial charge on any atom is 0.221 e. The molecule has 1 saturated carbocycles. The van der Waals surface area contributed by atoms with Crippen LogP contribution in [-0.4, -0.2) is 11.7 Å². The van der Waals surface area contributed by atoms with Crippen molar-refractivity contribution in [3.05, 3.63) is 57.2 Å². The summed E-state index contributed by atoms with van der Waals surface area (Å²) in [5.74, 6) is -0.0935. The minimum Gasteiger partial charge on any atom is -0.347 e. The zero-order valence-corrected chi connectivity index (χ0v) is 14.3. The van der Waals surface area contributed by atoms with Gasteiger partial charge in [0.25, 0.3) is 0 Å². The third-order valence-electron chi connectivity index (χ3n) is 4.34. The lowest BCUT2D eigenvalue weighted by Gasteiger charge is -2.43. The van der Waals surface area contributed by atoms with Crippen LogP contribution >= 0.6 is 22.9 Å². The Kier molecular flexibility index (Phi) is 4.83. The fraction of sp³-hybridized carbons (Fsp3) is 0.333. The van der Waals surface area contributed by atoms with Crippen molar-refractivity contribution in [1.29, 1.82) is 0 Å². The van der Waals surface area contributed by atoms with Crippen LogP contribution in [0, 0.1) is 0 Å². The van der Waals surface area contributed by atoms with E-state index >= 15 is 0 Å². The Morgan fingerprint density at radius 2 is 1.83 bits per heavy atom. The van der Waals surface area contributed by atoms with Gasteiger partial charge < -0.3 is 5.32 Å². The molecule has 5 heteroatoms. The van der Waals surface area contributed by atoms with E-state index in [-0.39, 0.29) is 30.1 Å². The number of halogens is 1. The molecule has 1 aromatic heterocycles. The summed E-state index contributed by atoms with van der Waals surface area (Å²) >= 11 is 7.09. The number of carbonyl (C=O) groups excluding carboxylic acids is 2. The summed E-state index contributed by atoms with van der Waals surface area (Å²) < 4.78 is 0.593. The molecule has 1 N–H and O–H groups in total. The number of Topliss-reactive ketones (excluding diaryl/α,β-unsaturated/α-hetero) is 1. The molecule has 0 saturated heterocycles. The van der Waals surface area contributed by atoms with Crippen LogP contribution in [0.3, 0.4) is 0 Å². The van der Waals surface area contributed by atoms with Crippen LogP contribution in [0.5, 0.6) is 0 Å². The molecule has 1 amide bonds. The molecule has 1 heterocycles. The summed E-state index contributed by atoms with van der Waals surface area (Å²) in [6.45, 7) is 0. The van der Waals surface area contributed by atoms with E-state index in [1.165, 1.54) is 11.3 Å². The van der Waals surface area contributed by atoms with Gasteiger partial charge >= 0.3 is 0 Å². The zero-order chi connectivity index (χ0) is 16.3. The van der Waals surface area contributed by atoms with Crippen LogP contribution in [-0.2, 0) is 10.3 Å². The van der Waals surface area contributed by atoms with Gasteiger partial charge in [0.15, 0.2) is 5.78 Å². The van der Waals surface area contributed by atoms with Gasteiger partial charge in [-0.15, -0.1) is 11.3 Å². The van der Waals surface area contributed by atoms with Gasteiger partial charge in [0.2, 0.25) is 5.91 Å². The molecular formula is C18H18ClNO2S. The molecule has 3 nitrogen and oxygen atoms in total. The predicted molar refractivity (Wildman–Crippen MR) is 93.0 cm³/mol. The highest BCUT2D eigenvalue weighted by molar-refractivity contribution is 7.18. The van der Waals surface area contributed by atoms with Crippen molar-refractivity contribution < 1.29 is 9.59 Å². The van der Waals surface area contributed by atoms with Crippen molar-refractivity contribution in [3.63, 3.8) is 0 Å². The number of amides is 1. The second-order valence-electron chi connectivity index (χ2n) is 5.88. The summed E-state index contributed by atoms with van der Waals surface area (Å²) in [6, 6.07) is 13.5. The van der Waals surface area contributed by atoms with Crippen molar-refractivity contribution >= 4 is 34.6 Å². The zero-order valence-electron chi connectivity index (χ0n) is 12.7. The van der Waals surface area contributed by atoms with E-state index in [0.29, 0.717) is 9.21 Å². The van der Waals surface area contributed by atoms with Gasteiger partial charge in [-0.2, -0.15) is 0 Å². The third kappa shape index (κ3) is 3.65. The number of nitrogens with one attached hydrogen (secondary N) is 1. The fourth-order valence-electron chi connectivity index (χ4n) is 2.92. The number of thiophene rings is 1. The van der Waals surface area contributed by atoms with Gasteiger partial charge in [-0.25, -0.2) is 0 Å². The number of ketones is 1. The van der Waals surface area contributed by atoms with Crippen LogP contribution in [0.2, 0.25) is 4.34 Å². The molecule has 2 aromatic rings. The van der Waals surface area contributed by atoms with Crippen LogP contribution in [0.25, 0.3) is 0 Å². The summed E-state index contributed by atoms with van der Waals surface area (Å²) in [6.07, 6.45) is 3.45. The maximum absolute atomic E-state index is 12.3. The second-order valence-corrected chi connectivity index (χ2v) is 7.59. The van der Waals surface area contributed by atoms with E-state index in [4.69, 9.17) is 11.6 Å². The first-order chi connectivity index (χ1) is 11.1. The first kappa shape index (κ1) is 16.2. The number of hydrogen-bond acceptors (Lipinski definition) is 3. The molecular weight excluding hydrogens is 330 g/mol. The van der Waals surface area contributed by atoms with E-state index in [1.807, 2.05) is 18.2 Å². The average molecular weight is 348 g/mol. The van der Waals surface area contributed by atoms with Gasteiger partial charge in [-0.1, -0.05) is 41.9 Å². The lowest BCUT2D eigenvalue weighted by molar-refractivity contribution is -0.124. The average Bonchev–Trinajstić information content (AvgIpc) is 2.96. The van der Waals surface area contributed by atoms with E-state index < -0.39 is 0 Å². The van der Waals surface area contributed by atoms with Crippen LogP contribution in [0.4, 0.5) is 0 Å².